The van der Waals surface area contributed by atoms with Crippen molar-refractivity contribution in [2.24, 2.45) is 0 Å². The molecule has 15 heavy (non-hydrogen) atoms. The number of methoxy groups -OCH3 is 1. The summed E-state index contributed by atoms with van der Waals surface area (Å²) in [6, 6.07) is 5.63. The molecule has 3 heteroatoms. The lowest BCUT2D eigenvalue weighted by Gasteiger charge is -2.24. The van der Waals surface area contributed by atoms with E-state index in [1.165, 1.54) is 0 Å². The molecule has 0 bridgehead atoms. The van der Waals surface area contributed by atoms with Crippen LogP contribution in [0.5, 0.6) is 0 Å². The molecule has 1 unspecified atom stereocenters. The maximum absolute atomic E-state index is 10.2. The maximum Gasteiger partial charge on any atom is 0.0891 e. The number of aryl methyl sites for hydroxylation is 1. The van der Waals surface area contributed by atoms with Crippen LogP contribution in [0.1, 0.15) is 24.5 Å². The molecule has 1 atom stereocenters. The van der Waals surface area contributed by atoms with E-state index in [1.54, 1.807) is 14.0 Å². The van der Waals surface area contributed by atoms with Crippen LogP contribution in [0.3, 0.4) is 0 Å². The largest absolute Gasteiger partial charge is 0.385 e. The molecule has 0 aromatic heterocycles. The molecule has 0 spiro atoms. The normalized spacial score (nSPS) is 15.0. The fourth-order valence-electron chi connectivity index (χ4n) is 1.37. The van der Waals surface area contributed by atoms with Gasteiger partial charge in [-0.3, -0.25) is 0 Å². The predicted molar refractivity (Wildman–Crippen MR) is 62.3 cm³/mol. The molecule has 1 N–H and O–H groups in total. The van der Waals surface area contributed by atoms with Gasteiger partial charge in [-0.1, -0.05) is 23.7 Å². The Morgan fingerprint density at radius 1 is 1.47 bits per heavy atom. The summed E-state index contributed by atoms with van der Waals surface area (Å²) in [5.41, 5.74) is 0.964. The first-order chi connectivity index (χ1) is 6.97. The van der Waals surface area contributed by atoms with Gasteiger partial charge in [0.15, 0.2) is 0 Å². The summed E-state index contributed by atoms with van der Waals surface area (Å²) < 4.78 is 4.96. The van der Waals surface area contributed by atoms with Crippen molar-refractivity contribution in [3.8, 4) is 0 Å². The van der Waals surface area contributed by atoms with Crippen molar-refractivity contribution in [1.82, 2.24) is 0 Å². The van der Waals surface area contributed by atoms with Crippen molar-refractivity contribution in [2.75, 3.05) is 13.7 Å². The number of benzene rings is 1. The van der Waals surface area contributed by atoms with Crippen LogP contribution in [-0.2, 0) is 10.3 Å². The van der Waals surface area contributed by atoms with E-state index in [2.05, 4.69) is 0 Å². The molecule has 1 aromatic carbocycles. The molecule has 0 heterocycles. The Kier molecular flexibility index (Phi) is 4.14. The Labute approximate surface area is 95.8 Å². The first-order valence-electron chi connectivity index (χ1n) is 4.95. The van der Waals surface area contributed by atoms with Gasteiger partial charge in [-0.05, 0) is 31.0 Å². The molecule has 0 aliphatic carbocycles. The lowest BCUT2D eigenvalue weighted by molar-refractivity contribution is 0.0210. The Morgan fingerprint density at radius 2 is 2.13 bits per heavy atom. The third-order valence-electron chi connectivity index (χ3n) is 2.59. The molecule has 1 aromatic rings. The zero-order chi connectivity index (χ0) is 11.5. The van der Waals surface area contributed by atoms with Gasteiger partial charge in [0, 0.05) is 25.2 Å². The highest BCUT2D eigenvalue weighted by Gasteiger charge is 2.22. The minimum atomic E-state index is -0.882. The Hall–Kier alpha value is -0.570. The van der Waals surface area contributed by atoms with Crippen LogP contribution in [0.25, 0.3) is 0 Å². The zero-order valence-electron chi connectivity index (χ0n) is 9.38. The fourth-order valence-corrected chi connectivity index (χ4v) is 1.55. The van der Waals surface area contributed by atoms with E-state index in [1.807, 2.05) is 25.1 Å². The second kappa shape index (κ2) is 4.97. The van der Waals surface area contributed by atoms with Gasteiger partial charge in [0.25, 0.3) is 0 Å². The molecule has 0 saturated heterocycles. The van der Waals surface area contributed by atoms with Crippen molar-refractivity contribution in [1.29, 1.82) is 0 Å². The van der Waals surface area contributed by atoms with Gasteiger partial charge in [-0.2, -0.15) is 0 Å². The second-order valence-corrected chi connectivity index (χ2v) is 4.39. The molecule has 0 fully saturated rings. The molecule has 84 valence electrons. The van der Waals surface area contributed by atoms with Crippen LogP contribution in [0.15, 0.2) is 18.2 Å². The van der Waals surface area contributed by atoms with Gasteiger partial charge in [0.05, 0.1) is 5.60 Å². The number of rotatable bonds is 4. The summed E-state index contributed by atoms with van der Waals surface area (Å²) in [6.07, 6.45) is 0.558. The molecule has 0 saturated carbocycles. The van der Waals surface area contributed by atoms with E-state index in [-0.39, 0.29) is 0 Å². The quantitative estimate of drug-likeness (QED) is 0.859. The van der Waals surface area contributed by atoms with E-state index in [9.17, 15) is 5.11 Å². The molecule has 0 aliphatic rings. The number of hydrogen-bond donors (Lipinski definition) is 1. The van der Waals surface area contributed by atoms with Crippen LogP contribution in [0.2, 0.25) is 5.02 Å². The monoisotopic (exact) mass is 228 g/mol. The van der Waals surface area contributed by atoms with Gasteiger partial charge < -0.3 is 9.84 Å². The van der Waals surface area contributed by atoms with Gasteiger partial charge in [-0.25, -0.2) is 0 Å². The lowest BCUT2D eigenvalue weighted by atomic mass is 9.92. The average molecular weight is 229 g/mol. The van der Waals surface area contributed by atoms with Gasteiger partial charge in [0.2, 0.25) is 0 Å². The van der Waals surface area contributed by atoms with Crippen LogP contribution in [-0.4, -0.2) is 18.8 Å². The third kappa shape index (κ3) is 3.20. The Morgan fingerprint density at radius 3 is 2.67 bits per heavy atom. The van der Waals surface area contributed by atoms with Crippen molar-refractivity contribution in [2.45, 2.75) is 25.9 Å². The topological polar surface area (TPSA) is 29.5 Å². The molecular formula is C12H17ClO2. The van der Waals surface area contributed by atoms with E-state index < -0.39 is 5.60 Å². The van der Waals surface area contributed by atoms with Crippen molar-refractivity contribution in [3.63, 3.8) is 0 Å². The van der Waals surface area contributed by atoms with Gasteiger partial charge >= 0.3 is 0 Å². The number of aliphatic hydroxyl groups is 1. The van der Waals surface area contributed by atoms with Crippen LogP contribution >= 0.6 is 11.6 Å². The maximum atomic E-state index is 10.2. The number of hydrogen-bond acceptors (Lipinski definition) is 2. The van der Waals surface area contributed by atoms with E-state index in [0.717, 1.165) is 11.1 Å². The van der Waals surface area contributed by atoms with Crippen LogP contribution < -0.4 is 0 Å². The molecule has 0 radical (unpaired) electrons. The first-order valence-corrected chi connectivity index (χ1v) is 5.33. The van der Waals surface area contributed by atoms with E-state index >= 15 is 0 Å². The molecule has 0 amide bonds. The SMILES string of the molecule is COCCC(C)(O)c1ccc(C)c(Cl)c1. The van der Waals surface area contributed by atoms with Crippen molar-refractivity contribution in [3.05, 3.63) is 34.3 Å². The zero-order valence-corrected chi connectivity index (χ0v) is 10.1. The number of ether oxygens (including phenoxy) is 1. The van der Waals surface area contributed by atoms with Gasteiger partial charge in [-0.15, -0.1) is 0 Å². The molecule has 0 aliphatic heterocycles. The summed E-state index contributed by atoms with van der Waals surface area (Å²) in [4.78, 5) is 0. The minimum absolute atomic E-state index is 0.526. The first kappa shape index (κ1) is 12.5. The smallest absolute Gasteiger partial charge is 0.0891 e. The second-order valence-electron chi connectivity index (χ2n) is 3.98. The third-order valence-corrected chi connectivity index (χ3v) is 2.99. The highest BCUT2D eigenvalue weighted by molar-refractivity contribution is 6.31. The minimum Gasteiger partial charge on any atom is -0.385 e. The Bertz CT molecular complexity index is 334. The summed E-state index contributed by atoms with van der Waals surface area (Å²) >= 11 is 6.01. The van der Waals surface area contributed by atoms with Gasteiger partial charge in [0.1, 0.15) is 0 Å². The highest BCUT2D eigenvalue weighted by Crippen LogP contribution is 2.28. The average Bonchev–Trinajstić information content (AvgIpc) is 2.19. The molecule has 1 rings (SSSR count). The molecule has 2 nitrogen and oxygen atoms in total. The molecular weight excluding hydrogens is 212 g/mol. The van der Waals surface area contributed by atoms with Crippen molar-refractivity contribution < 1.29 is 9.84 Å². The summed E-state index contributed by atoms with van der Waals surface area (Å²) in [5, 5.41) is 10.9. The summed E-state index contributed by atoms with van der Waals surface area (Å²) in [7, 11) is 1.62. The lowest BCUT2D eigenvalue weighted by Crippen LogP contribution is -2.23. The summed E-state index contributed by atoms with van der Waals surface area (Å²) in [6.45, 7) is 4.24. The van der Waals surface area contributed by atoms with Crippen LogP contribution in [0.4, 0.5) is 0 Å². The standard InChI is InChI=1S/C12H17ClO2/c1-9-4-5-10(8-11(9)13)12(2,14)6-7-15-3/h4-5,8,14H,6-7H2,1-3H3. The van der Waals surface area contributed by atoms with Crippen molar-refractivity contribution >= 4 is 11.6 Å². The predicted octanol–water partition coefficient (Wildman–Crippen LogP) is 2.89. The van der Waals surface area contributed by atoms with E-state index in [4.69, 9.17) is 16.3 Å². The fraction of sp³-hybridized carbons (Fsp3) is 0.500. The van der Waals surface area contributed by atoms with E-state index in [0.29, 0.717) is 18.1 Å². The Balaban J connectivity index is 2.89. The highest BCUT2D eigenvalue weighted by atomic mass is 35.5. The van der Waals surface area contributed by atoms with Crippen LogP contribution in [0, 0.1) is 6.92 Å². The summed E-state index contributed by atoms with van der Waals surface area (Å²) in [5.74, 6) is 0. The number of halogens is 1.